The lowest BCUT2D eigenvalue weighted by atomic mass is 9.88. The van der Waals surface area contributed by atoms with E-state index < -0.39 is 0 Å². The van der Waals surface area contributed by atoms with Gasteiger partial charge in [0, 0.05) is 19.5 Å². The minimum absolute atomic E-state index is 0.0355. The number of hydrogen-bond donors (Lipinski definition) is 0. The summed E-state index contributed by atoms with van der Waals surface area (Å²) in [5.41, 5.74) is 6.44. The van der Waals surface area contributed by atoms with Crippen molar-refractivity contribution < 1.29 is 14.3 Å². The molecule has 1 fully saturated rings. The summed E-state index contributed by atoms with van der Waals surface area (Å²) in [4.78, 5) is 27.3. The molecular weight excluding hydrogens is 442 g/mol. The molecule has 2 aliphatic heterocycles. The lowest BCUT2D eigenvalue weighted by Crippen LogP contribution is -2.40. The fourth-order valence-corrected chi connectivity index (χ4v) is 5.86. The molecule has 1 amide bonds. The van der Waals surface area contributed by atoms with E-state index in [-0.39, 0.29) is 17.8 Å². The van der Waals surface area contributed by atoms with E-state index in [1.54, 1.807) is 11.0 Å². The number of carbonyl (C=O) groups excluding carboxylic acids is 2. The van der Waals surface area contributed by atoms with E-state index in [2.05, 4.69) is 44.7 Å². The second-order valence-corrected chi connectivity index (χ2v) is 9.91. The molecule has 8 nitrogen and oxygen atoms in total. The number of aromatic nitrogens is 4. The van der Waals surface area contributed by atoms with Gasteiger partial charge in [-0.15, -0.1) is 5.10 Å². The van der Waals surface area contributed by atoms with E-state index in [0.717, 1.165) is 74.8 Å². The van der Waals surface area contributed by atoms with Gasteiger partial charge in [-0.25, -0.2) is 9.48 Å². The Labute approximate surface area is 204 Å². The number of ether oxygens (including phenoxy) is 1. The molecule has 180 valence electrons. The van der Waals surface area contributed by atoms with Crippen molar-refractivity contribution >= 4 is 11.9 Å². The number of likely N-dealkylation sites (tertiary alicyclic amines) is 1. The smallest absolute Gasteiger partial charge is 0.338 e. The summed E-state index contributed by atoms with van der Waals surface area (Å²) in [5.74, 6) is 0.674. The topological polar surface area (TPSA) is 90.2 Å². The number of nitrogens with zero attached hydrogens (tertiary/aromatic N) is 5. The second kappa shape index (κ2) is 9.24. The number of cyclic esters (lactones) is 1. The summed E-state index contributed by atoms with van der Waals surface area (Å²) in [7, 11) is 0. The van der Waals surface area contributed by atoms with Crippen molar-refractivity contribution in [3.05, 3.63) is 70.5 Å². The van der Waals surface area contributed by atoms with Crippen molar-refractivity contribution in [2.45, 2.75) is 50.9 Å². The molecule has 2 aromatic carbocycles. The summed E-state index contributed by atoms with van der Waals surface area (Å²) in [6.07, 6.45) is 8.43. The maximum atomic E-state index is 13.4. The molecule has 1 aromatic heterocycles. The maximum Gasteiger partial charge on any atom is 0.338 e. The van der Waals surface area contributed by atoms with Crippen LogP contribution in [0.4, 0.5) is 0 Å². The Balaban J connectivity index is 1.03. The minimum atomic E-state index is -0.201. The molecule has 1 saturated heterocycles. The Kier molecular flexibility index (Phi) is 5.80. The monoisotopic (exact) mass is 471 g/mol. The molecule has 0 spiro atoms. The Hall–Kier alpha value is -3.55. The number of tetrazole rings is 1. The Morgan fingerprint density at radius 3 is 2.74 bits per heavy atom. The molecular formula is C27H29N5O3. The van der Waals surface area contributed by atoms with Crippen molar-refractivity contribution in [2.24, 2.45) is 5.92 Å². The highest BCUT2D eigenvalue weighted by molar-refractivity contribution is 5.92. The van der Waals surface area contributed by atoms with Gasteiger partial charge in [0.2, 0.25) is 5.91 Å². The van der Waals surface area contributed by atoms with Crippen LogP contribution in [0, 0.1) is 5.92 Å². The van der Waals surface area contributed by atoms with Crippen LogP contribution < -0.4 is 0 Å². The summed E-state index contributed by atoms with van der Waals surface area (Å²) in [5, 5.41) is 11.4. The van der Waals surface area contributed by atoms with Gasteiger partial charge in [-0.3, -0.25) is 4.79 Å². The van der Waals surface area contributed by atoms with Crippen molar-refractivity contribution in [3.63, 3.8) is 0 Å². The first-order valence-corrected chi connectivity index (χ1v) is 12.6. The van der Waals surface area contributed by atoms with E-state index >= 15 is 0 Å². The van der Waals surface area contributed by atoms with Gasteiger partial charge in [0.25, 0.3) is 0 Å². The number of esters is 1. The van der Waals surface area contributed by atoms with Gasteiger partial charge in [0.05, 0.1) is 23.8 Å². The standard InChI is InChI=1S/C27H29N5O3/c33-26(25-7-4-20-16-22(5-8-23(20)25)32-17-28-29-30-32)31-12-9-18(10-13-31)1-2-19-3-6-24-21(15-19)11-14-35-27(24)34/h3,5-6,8,15-18,25H,1-2,4,7,9-14H2. The van der Waals surface area contributed by atoms with Gasteiger partial charge in [-0.2, -0.15) is 0 Å². The van der Waals surface area contributed by atoms with Gasteiger partial charge in [0.15, 0.2) is 0 Å². The molecule has 1 aliphatic carbocycles. The normalized spacial score (nSPS) is 19.8. The number of rotatable bonds is 5. The number of amides is 1. The SMILES string of the molecule is O=C1OCCc2cc(CCC3CCN(C(=O)C4CCc5cc(-n6cnnn6)ccc54)CC3)ccc21. The molecule has 3 aromatic rings. The third kappa shape index (κ3) is 4.33. The van der Waals surface area contributed by atoms with Crippen LogP contribution in [-0.2, 0) is 28.8 Å². The first kappa shape index (κ1) is 21.9. The molecule has 0 N–H and O–H groups in total. The van der Waals surface area contributed by atoms with E-state index in [0.29, 0.717) is 18.1 Å². The molecule has 3 aliphatic rings. The van der Waals surface area contributed by atoms with Crippen molar-refractivity contribution in [1.29, 1.82) is 0 Å². The molecule has 1 unspecified atom stereocenters. The van der Waals surface area contributed by atoms with Crippen LogP contribution in [0.3, 0.4) is 0 Å². The second-order valence-electron chi connectivity index (χ2n) is 9.91. The fraction of sp³-hybridized carbons (Fsp3) is 0.444. The highest BCUT2D eigenvalue weighted by Crippen LogP contribution is 2.36. The minimum Gasteiger partial charge on any atom is -0.462 e. The van der Waals surface area contributed by atoms with Crippen LogP contribution in [0.15, 0.2) is 42.7 Å². The predicted molar refractivity (Wildman–Crippen MR) is 128 cm³/mol. The number of hydrogen-bond acceptors (Lipinski definition) is 6. The first-order chi connectivity index (χ1) is 17.2. The number of piperidine rings is 1. The largest absolute Gasteiger partial charge is 0.462 e. The predicted octanol–water partition coefficient (Wildman–Crippen LogP) is 3.28. The number of carbonyl (C=O) groups is 2. The lowest BCUT2D eigenvalue weighted by Gasteiger charge is -2.34. The molecule has 1 atom stereocenters. The van der Waals surface area contributed by atoms with Gasteiger partial charge in [-0.05, 0) is 95.3 Å². The van der Waals surface area contributed by atoms with Crippen LogP contribution in [-0.4, -0.2) is 56.7 Å². The third-order valence-electron chi connectivity index (χ3n) is 7.88. The highest BCUT2D eigenvalue weighted by atomic mass is 16.5. The van der Waals surface area contributed by atoms with Crippen molar-refractivity contribution in [1.82, 2.24) is 25.1 Å². The van der Waals surface area contributed by atoms with E-state index in [1.165, 1.54) is 11.1 Å². The van der Waals surface area contributed by atoms with Crippen LogP contribution in [0.2, 0.25) is 0 Å². The highest BCUT2D eigenvalue weighted by Gasteiger charge is 2.33. The lowest BCUT2D eigenvalue weighted by molar-refractivity contribution is -0.134. The third-order valence-corrected chi connectivity index (χ3v) is 7.88. The number of fused-ring (bicyclic) bond motifs is 2. The first-order valence-electron chi connectivity index (χ1n) is 12.6. The zero-order chi connectivity index (χ0) is 23.8. The Morgan fingerprint density at radius 1 is 1.03 bits per heavy atom. The molecule has 0 radical (unpaired) electrons. The van der Waals surface area contributed by atoms with Crippen molar-refractivity contribution in [3.8, 4) is 5.69 Å². The summed E-state index contributed by atoms with van der Waals surface area (Å²) in [6, 6.07) is 12.3. The van der Waals surface area contributed by atoms with Crippen molar-refractivity contribution in [2.75, 3.05) is 19.7 Å². The molecule has 3 heterocycles. The van der Waals surface area contributed by atoms with E-state index in [4.69, 9.17) is 4.74 Å². The quantitative estimate of drug-likeness (QED) is 0.531. The van der Waals surface area contributed by atoms with Crippen LogP contribution in [0.5, 0.6) is 0 Å². The maximum absolute atomic E-state index is 13.4. The molecule has 0 bridgehead atoms. The fourth-order valence-electron chi connectivity index (χ4n) is 5.86. The average Bonchev–Trinajstić information content (AvgIpc) is 3.57. The Morgan fingerprint density at radius 2 is 1.91 bits per heavy atom. The zero-order valence-corrected chi connectivity index (χ0v) is 19.7. The Bertz CT molecular complexity index is 1250. The molecule has 8 heteroatoms. The number of benzene rings is 2. The van der Waals surface area contributed by atoms with E-state index in [9.17, 15) is 9.59 Å². The van der Waals surface area contributed by atoms with Crippen LogP contribution in [0.25, 0.3) is 5.69 Å². The summed E-state index contributed by atoms with van der Waals surface area (Å²) in [6.45, 7) is 2.16. The molecule has 35 heavy (non-hydrogen) atoms. The van der Waals surface area contributed by atoms with Gasteiger partial charge in [-0.1, -0.05) is 18.2 Å². The van der Waals surface area contributed by atoms with Gasteiger partial charge < -0.3 is 9.64 Å². The zero-order valence-electron chi connectivity index (χ0n) is 19.7. The number of aryl methyl sites for hydroxylation is 2. The molecule has 0 saturated carbocycles. The van der Waals surface area contributed by atoms with Crippen LogP contribution >= 0.6 is 0 Å². The summed E-state index contributed by atoms with van der Waals surface area (Å²) < 4.78 is 6.78. The average molecular weight is 472 g/mol. The van der Waals surface area contributed by atoms with Gasteiger partial charge >= 0.3 is 5.97 Å². The van der Waals surface area contributed by atoms with Crippen LogP contribution in [0.1, 0.15) is 64.2 Å². The van der Waals surface area contributed by atoms with Gasteiger partial charge in [0.1, 0.15) is 6.33 Å². The summed E-state index contributed by atoms with van der Waals surface area (Å²) >= 11 is 0. The molecule has 6 rings (SSSR count). The van der Waals surface area contributed by atoms with E-state index in [1.807, 2.05) is 12.1 Å².